The molecule has 1 N–H and O–H groups in total. The van der Waals surface area contributed by atoms with E-state index in [1.165, 1.54) is 48.3 Å². The fourth-order valence-corrected chi connectivity index (χ4v) is 4.35. The van der Waals surface area contributed by atoms with Gasteiger partial charge in [0.05, 0.1) is 0 Å². The number of rotatable bonds is 10. The van der Waals surface area contributed by atoms with Crippen molar-refractivity contribution in [2.24, 2.45) is 0 Å². The summed E-state index contributed by atoms with van der Waals surface area (Å²) >= 11 is 3.94. The second kappa shape index (κ2) is 10.4. The predicted octanol–water partition coefficient (Wildman–Crippen LogP) is 5.77. The Morgan fingerprint density at radius 2 is 1.55 bits per heavy atom. The van der Waals surface area contributed by atoms with Crippen molar-refractivity contribution in [2.45, 2.75) is 58.0 Å². The Morgan fingerprint density at radius 3 is 2.15 bits per heavy atom. The summed E-state index contributed by atoms with van der Waals surface area (Å²) in [6.45, 7) is 6.61. The van der Waals surface area contributed by atoms with Crippen LogP contribution in [0, 0.1) is 6.92 Å². The van der Waals surface area contributed by atoms with Crippen LogP contribution in [0.5, 0.6) is 5.75 Å². The number of unbranched alkanes of at least 4 members (excludes halogenated alkanes) is 2. The average molecular weight is 313 g/mol. The Balaban J connectivity index is 2.59. The van der Waals surface area contributed by atoms with Gasteiger partial charge in [0, 0.05) is 17.1 Å². The fraction of sp³-hybridized carbons (Fsp3) is 0.647. The molecule has 0 saturated carbocycles. The van der Waals surface area contributed by atoms with Gasteiger partial charge in [-0.25, -0.2) is 0 Å². The molecular weight excluding hydrogens is 284 g/mol. The van der Waals surface area contributed by atoms with Crippen molar-refractivity contribution in [2.75, 3.05) is 11.5 Å². The normalized spacial score (nSPS) is 10.9. The van der Waals surface area contributed by atoms with E-state index in [2.05, 4.69) is 26.8 Å². The third-order valence-corrected chi connectivity index (χ3v) is 5.64. The molecule has 1 aromatic rings. The molecule has 0 unspecified atom stereocenters. The monoisotopic (exact) mass is 312 g/mol. The highest BCUT2D eigenvalue weighted by Crippen LogP contribution is 2.30. The molecule has 0 spiro atoms. The molecule has 0 saturated heterocycles. The minimum Gasteiger partial charge on any atom is -0.508 e. The van der Waals surface area contributed by atoms with Gasteiger partial charge in [-0.15, -0.1) is 0 Å². The van der Waals surface area contributed by atoms with Gasteiger partial charge in [0.2, 0.25) is 0 Å². The minimum atomic E-state index is 0.466. The van der Waals surface area contributed by atoms with Crippen LogP contribution in [0.3, 0.4) is 0 Å². The van der Waals surface area contributed by atoms with Crippen molar-refractivity contribution >= 4 is 23.5 Å². The van der Waals surface area contributed by atoms with Gasteiger partial charge in [-0.3, -0.25) is 0 Å². The molecule has 0 aliphatic heterocycles. The molecule has 114 valence electrons. The topological polar surface area (TPSA) is 20.2 Å². The van der Waals surface area contributed by atoms with Crippen LogP contribution in [0.25, 0.3) is 0 Å². The van der Waals surface area contributed by atoms with Crippen LogP contribution in [-0.4, -0.2) is 16.6 Å². The lowest BCUT2D eigenvalue weighted by Gasteiger charge is -2.13. The predicted molar refractivity (Wildman–Crippen MR) is 95.0 cm³/mol. The van der Waals surface area contributed by atoms with Crippen molar-refractivity contribution in [1.29, 1.82) is 0 Å². The zero-order valence-corrected chi connectivity index (χ0v) is 14.7. The first kappa shape index (κ1) is 17.8. The molecule has 3 heteroatoms. The maximum absolute atomic E-state index is 10.1. The molecule has 0 aliphatic carbocycles. The molecular formula is C17H28OS2. The van der Waals surface area contributed by atoms with E-state index in [0.717, 1.165) is 17.1 Å². The quantitative estimate of drug-likeness (QED) is 0.554. The standard InChI is InChI=1S/C17H28OS2/c1-4-6-10-19-12-15-8-9-17(18)16(14(15)3)13-20-11-7-5-2/h8-9,18H,4-7,10-13H2,1-3H3. The molecule has 0 radical (unpaired) electrons. The van der Waals surface area contributed by atoms with E-state index in [9.17, 15) is 5.11 Å². The van der Waals surface area contributed by atoms with E-state index in [4.69, 9.17) is 0 Å². The summed E-state index contributed by atoms with van der Waals surface area (Å²) in [7, 11) is 0. The Morgan fingerprint density at radius 1 is 0.950 bits per heavy atom. The van der Waals surface area contributed by atoms with E-state index in [-0.39, 0.29) is 0 Å². The van der Waals surface area contributed by atoms with Gasteiger partial charge in [-0.1, -0.05) is 32.8 Å². The maximum Gasteiger partial charge on any atom is 0.119 e. The summed E-state index contributed by atoms with van der Waals surface area (Å²) in [5, 5.41) is 10.1. The zero-order chi connectivity index (χ0) is 14.8. The summed E-state index contributed by atoms with van der Waals surface area (Å²) in [6, 6.07) is 3.96. The first-order chi connectivity index (χ1) is 9.70. The number of thioether (sulfide) groups is 2. The van der Waals surface area contributed by atoms with Crippen LogP contribution in [0.4, 0.5) is 0 Å². The molecule has 0 fully saturated rings. The Labute approximate surface area is 132 Å². The molecule has 1 nitrogen and oxygen atoms in total. The van der Waals surface area contributed by atoms with E-state index < -0.39 is 0 Å². The van der Waals surface area contributed by atoms with Gasteiger partial charge in [0.25, 0.3) is 0 Å². The summed E-state index contributed by atoms with van der Waals surface area (Å²) < 4.78 is 0. The number of phenolic OH excluding ortho intramolecular Hbond substituents is 1. The number of phenols is 1. The van der Waals surface area contributed by atoms with Crippen LogP contribution >= 0.6 is 23.5 Å². The number of hydrogen-bond donors (Lipinski definition) is 1. The van der Waals surface area contributed by atoms with E-state index in [1.54, 1.807) is 0 Å². The van der Waals surface area contributed by atoms with E-state index >= 15 is 0 Å². The third kappa shape index (κ3) is 6.01. The highest BCUT2D eigenvalue weighted by molar-refractivity contribution is 7.98. The Bertz CT molecular complexity index is 391. The summed E-state index contributed by atoms with van der Waals surface area (Å²) in [4.78, 5) is 0. The fourth-order valence-electron chi connectivity index (χ4n) is 1.98. The third-order valence-electron chi connectivity index (χ3n) is 3.47. The minimum absolute atomic E-state index is 0.466. The molecule has 20 heavy (non-hydrogen) atoms. The van der Waals surface area contributed by atoms with Crippen molar-refractivity contribution in [1.82, 2.24) is 0 Å². The van der Waals surface area contributed by atoms with Gasteiger partial charge in [0.1, 0.15) is 5.75 Å². The summed E-state index contributed by atoms with van der Waals surface area (Å²) in [5.41, 5.74) is 3.81. The van der Waals surface area contributed by atoms with Crippen molar-refractivity contribution < 1.29 is 5.11 Å². The molecule has 0 heterocycles. The van der Waals surface area contributed by atoms with Crippen LogP contribution in [-0.2, 0) is 11.5 Å². The van der Waals surface area contributed by atoms with E-state index in [0.29, 0.717) is 5.75 Å². The Kier molecular flexibility index (Phi) is 9.28. The summed E-state index contributed by atoms with van der Waals surface area (Å²) in [5.74, 6) is 4.89. The van der Waals surface area contributed by atoms with Gasteiger partial charge < -0.3 is 5.11 Å². The lowest BCUT2D eigenvalue weighted by Crippen LogP contribution is -1.95. The maximum atomic E-state index is 10.1. The lowest BCUT2D eigenvalue weighted by atomic mass is 10.0. The number of aromatic hydroxyl groups is 1. The van der Waals surface area contributed by atoms with Crippen LogP contribution in [0.15, 0.2) is 12.1 Å². The molecule has 1 aromatic carbocycles. The van der Waals surface area contributed by atoms with Crippen LogP contribution in [0.2, 0.25) is 0 Å². The van der Waals surface area contributed by atoms with Gasteiger partial charge in [-0.2, -0.15) is 23.5 Å². The number of benzene rings is 1. The SMILES string of the molecule is CCCCSCc1ccc(O)c(CSCCCC)c1C. The van der Waals surface area contributed by atoms with Crippen molar-refractivity contribution in [3.05, 3.63) is 28.8 Å². The summed E-state index contributed by atoms with van der Waals surface area (Å²) in [6.07, 6.45) is 5.06. The van der Waals surface area contributed by atoms with Crippen LogP contribution in [0.1, 0.15) is 56.2 Å². The molecule has 1 rings (SSSR count). The smallest absolute Gasteiger partial charge is 0.119 e. The molecule has 0 amide bonds. The average Bonchev–Trinajstić information content (AvgIpc) is 2.44. The first-order valence-electron chi connectivity index (χ1n) is 7.66. The highest BCUT2D eigenvalue weighted by Gasteiger charge is 2.09. The van der Waals surface area contributed by atoms with E-state index in [1.807, 2.05) is 29.6 Å². The second-order valence-corrected chi connectivity index (χ2v) is 7.37. The molecule has 0 aromatic heterocycles. The Hall–Kier alpha value is -0.280. The first-order valence-corrected chi connectivity index (χ1v) is 9.97. The van der Waals surface area contributed by atoms with Crippen LogP contribution < -0.4 is 0 Å². The van der Waals surface area contributed by atoms with Crippen molar-refractivity contribution in [3.8, 4) is 5.75 Å². The molecule has 0 bridgehead atoms. The van der Waals surface area contributed by atoms with Gasteiger partial charge in [0.15, 0.2) is 0 Å². The lowest BCUT2D eigenvalue weighted by molar-refractivity contribution is 0.470. The highest BCUT2D eigenvalue weighted by atomic mass is 32.2. The van der Waals surface area contributed by atoms with Gasteiger partial charge >= 0.3 is 0 Å². The zero-order valence-electron chi connectivity index (χ0n) is 13.1. The van der Waals surface area contributed by atoms with Gasteiger partial charge in [-0.05, 0) is 48.5 Å². The molecule has 0 atom stereocenters. The largest absolute Gasteiger partial charge is 0.508 e. The molecule has 0 aliphatic rings. The number of hydrogen-bond acceptors (Lipinski definition) is 3. The van der Waals surface area contributed by atoms with Crippen molar-refractivity contribution in [3.63, 3.8) is 0 Å². The second-order valence-electron chi connectivity index (χ2n) is 5.16.